The smallest absolute Gasteiger partial charge is 0.193 e. The first-order valence-corrected chi connectivity index (χ1v) is 6.22. The van der Waals surface area contributed by atoms with Crippen LogP contribution in [0.4, 0.5) is 0 Å². The first-order valence-electron chi connectivity index (χ1n) is 5.84. The molecule has 1 aromatic heterocycles. The largest absolute Gasteiger partial charge is 0.448 e. The van der Waals surface area contributed by atoms with Gasteiger partial charge in [-0.05, 0) is 48.9 Å². The third kappa shape index (κ3) is 5.57. The average Bonchev–Trinajstić information content (AvgIpc) is 2.57. The van der Waals surface area contributed by atoms with E-state index < -0.39 is 0 Å². The van der Waals surface area contributed by atoms with Gasteiger partial charge in [-0.2, -0.15) is 0 Å². The van der Waals surface area contributed by atoms with Gasteiger partial charge in [0, 0.05) is 6.04 Å². The lowest BCUT2D eigenvalue weighted by atomic mass is 9.89. The van der Waals surface area contributed by atoms with Gasteiger partial charge in [0.1, 0.15) is 5.76 Å². The Bertz CT molecular complexity index is 314. The molecule has 0 aliphatic heterocycles. The Morgan fingerprint density at radius 3 is 2.56 bits per heavy atom. The summed E-state index contributed by atoms with van der Waals surface area (Å²) < 4.78 is 5.28. The molecule has 1 rings (SSSR count). The van der Waals surface area contributed by atoms with Gasteiger partial charge in [0.15, 0.2) is 5.22 Å². The van der Waals surface area contributed by atoms with Gasteiger partial charge in [0.05, 0.1) is 6.54 Å². The van der Waals surface area contributed by atoms with E-state index >= 15 is 0 Å². The van der Waals surface area contributed by atoms with Crippen LogP contribution in [0.3, 0.4) is 0 Å². The average molecular weight is 244 g/mol. The SMILES string of the molecule is CC(CCC(C)(C)C)NCc1ccc(Cl)o1. The summed E-state index contributed by atoms with van der Waals surface area (Å²) in [5.41, 5.74) is 0.407. The van der Waals surface area contributed by atoms with Gasteiger partial charge < -0.3 is 9.73 Å². The number of rotatable bonds is 5. The second-order valence-electron chi connectivity index (χ2n) is 5.59. The molecule has 0 spiro atoms. The number of hydrogen-bond donors (Lipinski definition) is 1. The van der Waals surface area contributed by atoms with E-state index in [-0.39, 0.29) is 0 Å². The molecule has 0 fully saturated rings. The summed E-state index contributed by atoms with van der Waals surface area (Å²) in [5.74, 6) is 0.896. The van der Waals surface area contributed by atoms with Crippen molar-refractivity contribution in [3.63, 3.8) is 0 Å². The maximum atomic E-state index is 5.70. The summed E-state index contributed by atoms with van der Waals surface area (Å²) in [6.07, 6.45) is 2.40. The van der Waals surface area contributed by atoms with Crippen molar-refractivity contribution in [1.29, 1.82) is 0 Å². The predicted octanol–water partition coefficient (Wildman–Crippen LogP) is 4.24. The number of hydrogen-bond acceptors (Lipinski definition) is 2. The van der Waals surface area contributed by atoms with Crippen molar-refractivity contribution in [1.82, 2.24) is 5.32 Å². The van der Waals surface area contributed by atoms with Crippen molar-refractivity contribution in [3.05, 3.63) is 23.1 Å². The molecule has 1 atom stereocenters. The van der Waals surface area contributed by atoms with Gasteiger partial charge in [-0.3, -0.25) is 0 Å². The van der Waals surface area contributed by atoms with Crippen LogP contribution in [0.15, 0.2) is 16.5 Å². The zero-order chi connectivity index (χ0) is 12.2. The van der Waals surface area contributed by atoms with Crippen molar-refractivity contribution in [2.24, 2.45) is 5.41 Å². The zero-order valence-electron chi connectivity index (χ0n) is 10.6. The molecule has 92 valence electrons. The highest BCUT2D eigenvalue weighted by Gasteiger charge is 2.12. The Morgan fingerprint density at radius 1 is 1.38 bits per heavy atom. The van der Waals surface area contributed by atoms with Gasteiger partial charge in [0.2, 0.25) is 0 Å². The van der Waals surface area contributed by atoms with Crippen LogP contribution in [0.25, 0.3) is 0 Å². The van der Waals surface area contributed by atoms with E-state index in [0.29, 0.717) is 16.7 Å². The van der Waals surface area contributed by atoms with Crippen molar-refractivity contribution >= 4 is 11.6 Å². The Morgan fingerprint density at radius 2 is 2.06 bits per heavy atom. The summed E-state index contributed by atoms with van der Waals surface area (Å²) in [5, 5.41) is 3.89. The zero-order valence-corrected chi connectivity index (χ0v) is 11.4. The quantitative estimate of drug-likeness (QED) is 0.837. The second-order valence-corrected chi connectivity index (χ2v) is 5.96. The molecular formula is C13H22ClNO. The molecule has 1 heterocycles. The molecule has 1 aromatic rings. The van der Waals surface area contributed by atoms with Crippen molar-refractivity contribution in [2.75, 3.05) is 0 Å². The minimum absolute atomic E-state index is 0.407. The summed E-state index contributed by atoms with van der Waals surface area (Å²) in [6, 6.07) is 4.19. The molecular weight excluding hydrogens is 222 g/mol. The molecule has 0 aliphatic carbocycles. The topological polar surface area (TPSA) is 25.2 Å². The lowest BCUT2D eigenvalue weighted by molar-refractivity contribution is 0.332. The maximum Gasteiger partial charge on any atom is 0.193 e. The van der Waals surface area contributed by atoms with Crippen molar-refractivity contribution in [2.45, 2.75) is 53.1 Å². The van der Waals surface area contributed by atoms with Gasteiger partial charge in [-0.1, -0.05) is 20.8 Å². The van der Waals surface area contributed by atoms with Crippen LogP contribution in [-0.4, -0.2) is 6.04 Å². The third-order valence-electron chi connectivity index (χ3n) is 2.58. The maximum absolute atomic E-state index is 5.70. The van der Waals surface area contributed by atoms with Crippen LogP contribution in [0.1, 0.15) is 46.3 Å². The van der Waals surface area contributed by atoms with E-state index in [1.54, 1.807) is 6.07 Å². The molecule has 2 nitrogen and oxygen atoms in total. The lowest BCUT2D eigenvalue weighted by Gasteiger charge is -2.21. The molecule has 0 bridgehead atoms. The number of nitrogens with one attached hydrogen (secondary N) is 1. The minimum atomic E-state index is 0.407. The van der Waals surface area contributed by atoms with E-state index in [4.69, 9.17) is 16.0 Å². The molecule has 0 radical (unpaired) electrons. The van der Waals surface area contributed by atoms with Crippen LogP contribution in [0, 0.1) is 5.41 Å². The molecule has 0 aromatic carbocycles. The monoisotopic (exact) mass is 243 g/mol. The highest BCUT2D eigenvalue weighted by atomic mass is 35.5. The molecule has 0 saturated heterocycles. The van der Waals surface area contributed by atoms with Crippen LogP contribution in [-0.2, 0) is 6.54 Å². The van der Waals surface area contributed by atoms with Gasteiger partial charge >= 0.3 is 0 Å². The van der Waals surface area contributed by atoms with Crippen molar-refractivity contribution in [3.8, 4) is 0 Å². The fraction of sp³-hybridized carbons (Fsp3) is 0.692. The molecule has 0 saturated carbocycles. The molecule has 0 aliphatic rings. The van der Waals surface area contributed by atoms with Gasteiger partial charge in [-0.25, -0.2) is 0 Å². The van der Waals surface area contributed by atoms with Crippen LogP contribution >= 0.6 is 11.6 Å². The molecule has 3 heteroatoms. The summed E-state index contributed by atoms with van der Waals surface area (Å²) in [6.45, 7) is 9.76. The van der Waals surface area contributed by atoms with E-state index in [0.717, 1.165) is 12.3 Å². The van der Waals surface area contributed by atoms with E-state index in [2.05, 4.69) is 33.0 Å². The second kappa shape index (κ2) is 5.74. The first-order chi connectivity index (χ1) is 7.37. The van der Waals surface area contributed by atoms with Crippen LogP contribution in [0.2, 0.25) is 5.22 Å². The first kappa shape index (κ1) is 13.6. The van der Waals surface area contributed by atoms with E-state index in [1.165, 1.54) is 12.8 Å². The summed E-state index contributed by atoms with van der Waals surface area (Å²) >= 11 is 5.70. The number of halogens is 1. The standard InChI is InChI=1S/C13H22ClNO/c1-10(7-8-13(2,3)4)15-9-11-5-6-12(14)16-11/h5-6,10,15H,7-9H2,1-4H3. The minimum Gasteiger partial charge on any atom is -0.448 e. The summed E-state index contributed by atoms with van der Waals surface area (Å²) in [7, 11) is 0. The highest BCUT2D eigenvalue weighted by molar-refractivity contribution is 6.28. The highest BCUT2D eigenvalue weighted by Crippen LogP contribution is 2.21. The van der Waals surface area contributed by atoms with E-state index in [1.807, 2.05) is 6.07 Å². The fourth-order valence-corrected chi connectivity index (χ4v) is 1.64. The normalized spacial score (nSPS) is 14.1. The Hall–Kier alpha value is -0.470. The Kier molecular flexibility index (Phi) is 4.88. The van der Waals surface area contributed by atoms with E-state index in [9.17, 15) is 0 Å². The predicted molar refractivity (Wildman–Crippen MR) is 68.7 cm³/mol. The number of furan rings is 1. The fourth-order valence-electron chi connectivity index (χ4n) is 1.47. The van der Waals surface area contributed by atoms with Crippen LogP contribution in [0.5, 0.6) is 0 Å². The third-order valence-corrected chi connectivity index (χ3v) is 2.78. The van der Waals surface area contributed by atoms with Gasteiger partial charge in [-0.15, -0.1) is 0 Å². The Labute approximate surface area is 103 Å². The van der Waals surface area contributed by atoms with Crippen LogP contribution < -0.4 is 5.32 Å². The van der Waals surface area contributed by atoms with Crippen molar-refractivity contribution < 1.29 is 4.42 Å². The molecule has 0 amide bonds. The molecule has 1 N–H and O–H groups in total. The summed E-state index contributed by atoms with van der Waals surface area (Å²) in [4.78, 5) is 0. The molecule has 1 unspecified atom stereocenters. The van der Waals surface area contributed by atoms with Gasteiger partial charge in [0.25, 0.3) is 0 Å². The lowest BCUT2D eigenvalue weighted by Crippen LogP contribution is -2.26. The molecule has 16 heavy (non-hydrogen) atoms. The Balaban J connectivity index is 2.22.